The molecule has 0 unspecified atom stereocenters. The molecule has 5 nitrogen and oxygen atoms in total. The van der Waals surface area contributed by atoms with E-state index < -0.39 is 0 Å². The minimum atomic E-state index is 0. The fraction of sp³-hybridized carbons (Fsp3) is 0.400. The number of nitrogens with zero attached hydrogens (tertiary/aromatic N) is 4. The number of hydrogen-bond donors (Lipinski definition) is 0. The number of nitriles is 1. The number of hydrogen-bond acceptors (Lipinski definition) is 5. The first-order valence-electron chi connectivity index (χ1n) is 8.65. The van der Waals surface area contributed by atoms with Crippen LogP contribution in [0.4, 0.5) is 5.82 Å². The van der Waals surface area contributed by atoms with Gasteiger partial charge in [-0.2, -0.15) is 5.26 Å². The molecule has 0 spiro atoms. The van der Waals surface area contributed by atoms with Crippen molar-refractivity contribution in [3.05, 3.63) is 53.7 Å². The minimum Gasteiger partial charge on any atom is -0.497 e. The molecule has 7 heteroatoms. The van der Waals surface area contributed by atoms with Crippen molar-refractivity contribution >= 4 is 30.6 Å². The Kier molecular flexibility index (Phi) is 6.94. The van der Waals surface area contributed by atoms with Gasteiger partial charge in [-0.05, 0) is 42.8 Å². The first-order valence-corrected chi connectivity index (χ1v) is 8.65. The zero-order valence-corrected chi connectivity index (χ0v) is 17.0. The van der Waals surface area contributed by atoms with Gasteiger partial charge >= 0.3 is 0 Å². The summed E-state index contributed by atoms with van der Waals surface area (Å²) in [7, 11) is 3.91. The molecule has 0 radical (unpaired) electrons. The molecule has 1 aromatic carbocycles. The second-order valence-corrected chi connectivity index (χ2v) is 7.00. The lowest BCUT2D eigenvalue weighted by Crippen LogP contribution is -2.29. The van der Waals surface area contributed by atoms with E-state index in [1.165, 1.54) is 5.56 Å². The standard InChI is InChI=1S/C20H22N4O.2ClH/c1-23-11-16-12-24(19-9-14(10-21)7-8-22-19)13-18(16)20(23)15-3-5-17(25-2)6-4-15;;/h3-9,16,18,20H,11-13H2,1-2H3;2*1H/t16-,18+,20+;;/m0../s1. The lowest BCUT2D eigenvalue weighted by molar-refractivity contribution is 0.279. The van der Waals surface area contributed by atoms with Crippen molar-refractivity contribution in [2.24, 2.45) is 11.8 Å². The van der Waals surface area contributed by atoms with Gasteiger partial charge in [-0.25, -0.2) is 4.98 Å². The van der Waals surface area contributed by atoms with Gasteiger partial charge < -0.3 is 9.64 Å². The predicted molar refractivity (Wildman–Crippen MR) is 111 cm³/mol. The van der Waals surface area contributed by atoms with E-state index in [-0.39, 0.29) is 24.8 Å². The third-order valence-corrected chi connectivity index (χ3v) is 5.55. The molecule has 3 atom stereocenters. The van der Waals surface area contributed by atoms with Crippen molar-refractivity contribution in [3.63, 3.8) is 0 Å². The summed E-state index contributed by atoms with van der Waals surface area (Å²) in [5.74, 6) is 3.02. The molecule has 1 aromatic heterocycles. The first kappa shape index (κ1) is 21.3. The van der Waals surface area contributed by atoms with Crippen molar-refractivity contribution < 1.29 is 4.74 Å². The molecule has 0 aliphatic carbocycles. The van der Waals surface area contributed by atoms with E-state index in [9.17, 15) is 0 Å². The number of halogens is 2. The smallest absolute Gasteiger partial charge is 0.129 e. The highest BCUT2D eigenvalue weighted by Crippen LogP contribution is 2.45. The van der Waals surface area contributed by atoms with Gasteiger partial charge in [0.25, 0.3) is 0 Å². The van der Waals surface area contributed by atoms with Crippen LogP contribution in [0.5, 0.6) is 5.75 Å². The number of anilines is 1. The highest BCUT2D eigenvalue weighted by Gasteiger charge is 2.46. The highest BCUT2D eigenvalue weighted by atomic mass is 35.5. The van der Waals surface area contributed by atoms with Crippen LogP contribution in [-0.4, -0.2) is 43.7 Å². The van der Waals surface area contributed by atoms with Crippen LogP contribution in [0.25, 0.3) is 0 Å². The summed E-state index contributed by atoms with van der Waals surface area (Å²) in [6, 6.07) is 14.7. The van der Waals surface area contributed by atoms with Crippen LogP contribution in [0.2, 0.25) is 0 Å². The summed E-state index contributed by atoms with van der Waals surface area (Å²) >= 11 is 0. The maximum Gasteiger partial charge on any atom is 0.129 e. The van der Waals surface area contributed by atoms with Crippen molar-refractivity contribution in [2.45, 2.75) is 6.04 Å². The normalized spacial score (nSPS) is 23.7. The average Bonchev–Trinajstić information content (AvgIpc) is 3.18. The molecule has 2 aliphatic heterocycles. The van der Waals surface area contributed by atoms with E-state index >= 15 is 0 Å². The molecular weight excluding hydrogens is 383 g/mol. The number of fused-ring (bicyclic) bond motifs is 1. The maximum absolute atomic E-state index is 9.12. The minimum absolute atomic E-state index is 0. The maximum atomic E-state index is 9.12. The Bertz CT molecular complexity index is 808. The number of likely N-dealkylation sites (tertiary alicyclic amines) is 1. The molecular formula is C20H24Cl2N4O. The Morgan fingerprint density at radius 1 is 1.11 bits per heavy atom. The Morgan fingerprint density at radius 2 is 1.85 bits per heavy atom. The summed E-state index contributed by atoms with van der Waals surface area (Å²) < 4.78 is 5.29. The monoisotopic (exact) mass is 406 g/mol. The SMILES string of the molecule is COc1ccc([C@@H]2[C@@H]3CN(c4cc(C#N)ccn4)C[C@@H]3CN2C)cc1.Cl.Cl. The van der Waals surface area contributed by atoms with Gasteiger partial charge in [0.2, 0.25) is 0 Å². The fourth-order valence-corrected chi connectivity index (χ4v) is 4.41. The Balaban J connectivity index is 0.00000131. The number of rotatable bonds is 3. The Hall–Kier alpha value is -2.00. The second-order valence-electron chi connectivity index (χ2n) is 7.00. The summed E-state index contributed by atoms with van der Waals surface area (Å²) in [6.07, 6.45) is 1.73. The molecule has 4 rings (SSSR count). The Morgan fingerprint density at radius 3 is 2.52 bits per heavy atom. The van der Waals surface area contributed by atoms with E-state index in [2.05, 4.69) is 40.0 Å². The van der Waals surface area contributed by atoms with Gasteiger partial charge in [-0.3, -0.25) is 4.90 Å². The van der Waals surface area contributed by atoms with Crippen LogP contribution in [0.15, 0.2) is 42.6 Å². The van der Waals surface area contributed by atoms with Gasteiger partial charge in [-0.15, -0.1) is 24.8 Å². The quantitative estimate of drug-likeness (QED) is 0.779. The molecule has 0 bridgehead atoms. The second kappa shape index (κ2) is 8.79. The van der Waals surface area contributed by atoms with Crippen LogP contribution in [0, 0.1) is 23.2 Å². The molecule has 0 N–H and O–H groups in total. The number of aromatic nitrogens is 1. The predicted octanol–water partition coefficient (Wildman–Crippen LogP) is 3.54. The van der Waals surface area contributed by atoms with Crippen molar-refractivity contribution in [3.8, 4) is 11.8 Å². The van der Waals surface area contributed by atoms with Crippen LogP contribution in [0.1, 0.15) is 17.2 Å². The van der Waals surface area contributed by atoms with Crippen LogP contribution < -0.4 is 9.64 Å². The average molecular weight is 407 g/mol. The molecule has 2 aliphatic rings. The van der Waals surface area contributed by atoms with Gasteiger partial charge in [-0.1, -0.05) is 12.1 Å². The van der Waals surface area contributed by atoms with Crippen molar-refractivity contribution in [1.82, 2.24) is 9.88 Å². The van der Waals surface area contributed by atoms with Crippen LogP contribution >= 0.6 is 24.8 Å². The summed E-state index contributed by atoms with van der Waals surface area (Å²) in [5, 5.41) is 9.12. The molecule has 27 heavy (non-hydrogen) atoms. The Labute approximate surface area is 172 Å². The van der Waals surface area contributed by atoms with Crippen LogP contribution in [-0.2, 0) is 0 Å². The van der Waals surface area contributed by atoms with Crippen molar-refractivity contribution in [2.75, 3.05) is 38.7 Å². The zero-order chi connectivity index (χ0) is 17.4. The number of methoxy groups -OCH3 is 1. The largest absolute Gasteiger partial charge is 0.497 e. The third kappa shape index (κ3) is 3.98. The molecule has 2 aromatic rings. The van der Waals surface area contributed by atoms with Crippen molar-refractivity contribution in [1.29, 1.82) is 5.26 Å². The summed E-state index contributed by atoms with van der Waals surface area (Å²) in [4.78, 5) is 9.28. The highest BCUT2D eigenvalue weighted by molar-refractivity contribution is 5.85. The molecule has 144 valence electrons. The molecule has 2 saturated heterocycles. The topological polar surface area (TPSA) is 52.4 Å². The van der Waals surface area contributed by atoms with Gasteiger partial charge in [0.05, 0.1) is 18.7 Å². The molecule has 3 heterocycles. The lowest BCUT2D eigenvalue weighted by Gasteiger charge is -2.27. The fourth-order valence-electron chi connectivity index (χ4n) is 4.41. The molecule has 0 amide bonds. The van der Waals surface area contributed by atoms with E-state index in [0.717, 1.165) is 31.2 Å². The van der Waals surface area contributed by atoms with Gasteiger partial charge in [0.15, 0.2) is 0 Å². The van der Waals surface area contributed by atoms with E-state index in [1.807, 2.05) is 18.2 Å². The van der Waals surface area contributed by atoms with Gasteiger partial charge in [0.1, 0.15) is 11.6 Å². The van der Waals surface area contributed by atoms with E-state index in [0.29, 0.717) is 23.4 Å². The molecule has 2 fully saturated rings. The van der Waals surface area contributed by atoms with E-state index in [1.54, 1.807) is 19.4 Å². The summed E-state index contributed by atoms with van der Waals surface area (Å²) in [5.41, 5.74) is 2.02. The number of pyridine rings is 1. The summed E-state index contributed by atoms with van der Waals surface area (Å²) in [6.45, 7) is 3.08. The number of ether oxygens (including phenoxy) is 1. The third-order valence-electron chi connectivity index (χ3n) is 5.55. The molecule has 0 saturated carbocycles. The van der Waals surface area contributed by atoms with Crippen LogP contribution in [0.3, 0.4) is 0 Å². The van der Waals surface area contributed by atoms with Gasteiger partial charge in [0, 0.05) is 37.8 Å². The zero-order valence-electron chi connectivity index (χ0n) is 15.4. The number of benzene rings is 1. The first-order chi connectivity index (χ1) is 12.2. The lowest BCUT2D eigenvalue weighted by atomic mass is 9.89. The van der Waals surface area contributed by atoms with E-state index in [4.69, 9.17) is 10.00 Å².